The van der Waals surface area contributed by atoms with Crippen molar-refractivity contribution in [2.75, 3.05) is 31.2 Å². The van der Waals surface area contributed by atoms with Gasteiger partial charge in [0.15, 0.2) is 0 Å². The lowest BCUT2D eigenvalue weighted by Gasteiger charge is -2.36. The van der Waals surface area contributed by atoms with Crippen molar-refractivity contribution in [3.8, 4) is 0 Å². The Morgan fingerprint density at radius 2 is 2.29 bits per heavy atom. The molecule has 3 N–H and O–H groups in total. The van der Waals surface area contributed by atoms with Crippen LogP contribution in [0.1, 0.15) is 37.0 Å². The Morgan fingerprint density at radius 1 is 1.52 bits per heavy atom. The molecule has 1 heterocycles. The Bertz CT molecular complexity index is 504. The van der Waals surface area contributed by atoms with Gasteiger partial charge in [0.05, 0.1) is 23.5 Å². The van der Waals surface area contributed by atoms with Crippen molar-refractivity contribution in [1.82, 2.24) is 4.90 Å². The van der Waals surface area contributed by atoms with Crippen LogP contribution < -0.4 is 11.1 Å². The molecule has 1 fully saturated rings. The molecule has 1 aromatic rings. The molecule has 21 heavy (non-hydrogen) atoms. The fourth-order valence-corrected chi connectivity index (χ4v) is 2.66. The van der Waals surface area contributed by atoms with Crippen LogP contribution in [-0.2, 0) is 4.74 Å². The predicted molar refractivity (Wildman–Crippen MR) is 85.5 cm³/mol. The first-order valence-corrected chi connectivity index (χ1v) is 7.54. The first kappa shape index (κ1) is 15.6. The van der Waals surface area contributed by atoms with Crippen LogP contribution >= 0.6 is 0 Å². The van der Waals surface area contributed by atoms with Crippen molar-refractivity contribution in [3.63, 3.8) is 0 Å². The van der Waals surface area contributed by atoms with Crippen LogP contribution in [0.25, 0.3) is 0 Å². The zero-order valence-electron chi connectivity index (χ0n) is 13.1. The zero-order valence-corrected chi connectivity index (χ0v) is 13.1. The minimum absolute atomic E-state index is 0.308. The summed E-state index contributed by atoms with van der Waals surface area (Å²) in [5.41, 5.74) is 8.04. The molecule has 0 amide bonds. The molecular weight excluding hydrogens is 266 g/mol. The number of anilines is 2. The molecule has 5 nitrogen and oxygen atoms in total. The molecule has 116 valence electrons. The second-order valence-corrected chi connectivity index (χ2v) is 5.72. The maximum atomic E-state index is 11.8. The lowest BCUT2D eigenvalue weighted by molar-refractivity contribution is 0.0526. The van der Waals surface area contributed by atoms with E-state index in [9.17, 15) is 4.79 Å². The van der Waals surface area contributed by atoms with Crippen LogP contribution in [0.2, 0.25) is 0 Å². The monoisotopic (exact) mass is 291 g/mol. The molecule has 2 atom stereocenters. The van der Waals surface area contributed by atoms with Crippen LogP contribution in [0.5, 0.6) is 0 Å². The number of piperidine rings is 1. The second kappa shape index (κ2) is 6.80. The number of nitrogen functional groups attached to an aromatic ring is 1. The molecule has 5 heteroatoms. The van der Waals surface area contributed by atoms with E-state index in [-0.39, 0.29) is 5.97 Å². The Labute approximate surface area is 126 Å². The summed E-state index contributed by atoms with van der Waals surface area (Å²) in [5.74, 6) is -0.308. The van der Waals surface area contributed by atoms with Gasteiger partial charge in [-0.05, 0) is 51.9 Å². The Kier molecular flexibility index (Phi) is 5.07. The summed E-state index contributed by atoms with van der Waals surface area (Å²) in [6.07, 6.45) is 2.14. The molecule has 0 saturated carbocycles. The van der Waals surface area contributed by atoms with E-state index in [1.54, 1.807) is 25.1 Å². The number of hydrogen-bond acceptors (Lipinski definition) is 5. The SMILES string of the molecule is CCOC(=O)c1ccc(N)c(NC2CCN(C)C(C)C2)c1. The van der Waals surface area contributed by atoms with Crippen molar-refractivity contribution >= 4 is 17.3 Å². The molecule has 0 radical (unpaired) electrons. The molecule has 0 aromatic heterocycles. The standard InChI is InChI=1S/C16H25N3O2/c1-4-21-16(20)12-5-6-14(17)15(10-12)18-13-7-8-19(3)11(2)9-13/h5-6,10-11,13,18H,4,7-9,17H2,1-3H3. The maximum Gasteiger partial charge on any atom is 0.338 e. The highest BCUT2D eigenvalue weighted by atomic mass is 16.5. The average Bonchev–Trinajstić information content (AvgIpc) is 2.45. The van der Waals surface area contributed by atoms with Gasteiger partial charge >= 0.3 is 5.97 Å². The third-order valence-corrected chi connectivity index (χ3v) is 4.13. The van der Waals surface area contributed by atoms with E-state index >= 15 is 0 Å². The smallest absolute Gasteiger partial charge is 0.338 e. The quantitative estimate of drug-likeness (QED) is 0.658. The number of likely N-dealkylation sites (tertiary alicyclic amines) is 1. The molecule has 2 rings (SSSR count). The third kappa shape index (κ3) is 3.88. The summed E-state index contributed by atoms with van der Waals surface area (Å²) >= 11 is 0. The Hall–Kier alpha value is -1.75. The molecule has 1 aliphatic rings. The van der Waals surface area contributed by atoms with Gasteiger partial charge in [-0.3, -0.25) is 0 Å². The van der Waals surface area contributed by atoms with Crippen molar-refractivity contribution < 1.29 is 9.53 Å². The molecule has 0 spiro atoms. The fraction of sp³-hybridized carbons (Fsp3) is 0.562. The van der Waals surface area contributed by atoms with Gasteiger partial charge in [-0.25, -0.2) is 4.79 Å². The molecule has 1 aromatic carbocycles. The van der Waals surface area contributed by atoms with Crippen LogP contribution in [0.15, 0.2) is 18.2 Å². The van der Waals surface area contributed by atoms with E-state index < -0.39 is 0 Å². The van der Waals surface area contributed by atoms with E-state index in [1.165, 1.54) is 0 Å². The minimum atomic E-state index is -0.308. The minimum Gasteiger partial charge on any atom is -0.462 e. The van der Waals surface area contributed by atoms with Gasteiger partial charge in [0, 0.05) is 18.6 Å². The van der Waals surface area contributed by atoms with Gasteiger partial charge in [0.2, 0.25) is 0 Å². The van der Waals surface area contributed by atoms with Gasteiger partial charge in [0.1, 0.15) is 0 Å². The lowest BCUT2D eigenvalue weighted by atomic mass is 9.98. The zero-order chi connectivity index (χ0) is 15.4. The predicted octanol–water partition coefficient (Wildman–Crippen LogP) is 2.34. The summed E-state index contributed by atoms with van der Waals surface area (Å²) in [4.78, 5) is 14.2. The number of ether oxygens (including phenoxy) is 1. The summed E-state index contributed by atoms with van der Waals surface area (Å²) in [5, 5.41) is 3.48. The number of esters is 1. The normalized spacial score (nSPS) is 22.8. The molecule has 0 bridgehead atoms. The van der Waals surface area contributed by atoms with Crippen LogP contribution in [-0.4, -0.2) is 43.2 Å². The highest BCUT2D eigenvalue weighted by Crippen LogP contribution is 2.25. The summed E-state index contributed by atoms with van der Waals surface area (Å²) < 4.78 is 5.03. The van der Waals surface area contributed by atoms with E-state index in [0.29, 0.717) is 29.9 Å². The number of rotatable bonds is 4. The second-order valence-electron chi connectivity index (χ2n) is 5.72. The Balaban J connectivity index is 2.09. The van der Waals surface area contributed by atoms with E-state index in [2.05, 4.69) is 24.2 Å². The first-order valence-electron chi connectivity index (χ1n) is 7.54. The van der Waals surface area contributed by atoms with Crippen LogP contribution in [0, 0.1) is 0 Å². The number of benzene rings is 1. The first-order chi connectivity index (χ1) is 10.0. The third-order valence-electron chi connectivity index (χ3n) is 4.13. The largest absolute Gasteiger partial charge is 0.462 e. The van der Waals surface area contributed by atoms with Crippen molar-refractivity contribution in [3.05, 3.63) is 23.8 Å². The number of carbonyl (C=O) groups excluding carboxylic acids is 1. The van der Waals surface area contributed by atoms with Gasteiger partial charge in [-0.2, -0.15) is 0 Å². The molecular formula is C16H25N3O2. The van der Waals surface area contributed by atoms with E-state index in [0.717, 1.165) is 25.1 Å². The molecule has 1 aliphatic heterocycles. The number of nitrogens with one attached hydrogen (secondary N) is 1. The average molecular weight is 291 g/mol. The summed E-state index contributed by atoms with van der Waals surface area (Å²) in [6.45, 7) is 5.47. The molecule has 1 saturated heterocycles. The maximum absolute atomic E-state index is 11.8. The van der Waals surface area contributed by atoms with Gasteiger partial charge in [0.25, 0.3) is 0 Å². The van der Waals surface area contributed by atoms with Crippen LogP contribution in [0.3, 0.4) is 0 Å². The van der Waals surface area contributed by atoms with Gasteiger partial charge < -0.3 is 20.7 Å². The molecule has 0 aliphatic carbocycles. The topological polar surface area (TPSA) is 67.6 Å². The number of nitrogens with two attached hydrogens (primary N) is 1. The number of carbonyl (C=O) groups is 1. The van der Waals surface area contributed by atoms with Gasteiger partial charge in [-0.15, -0.1) is 0 Å². The van der Waals surface area contributed by atoms with Crippen molar-refractivity contribution in [2.45, 2.75) is 38.8 Å². The van der Waals surface area contributed by atoms with E-state index in [1.807, 2.05) is 0 Å². The molecule has 2 unspecified atom stereocenters. The van der Waals surface area contributed by atoms with E-state index in [4.69, 9.17) is 10.5 Å². The Morgan fingerprint density at radius 3 is 2.95 bits per heavy atom. The highest BCUT2D eigenvalue weighted by Gasteiger charge is 2.23. The van der Waals surface area contributed by atoms with Crippen molar-refractivity contribution in [2.24, 2.45) is 0 Å². The number of hydrogen-bond donors (Lipinski definition) is 2. The van der Waals surface area contributed by atoms with Crippen molar-refractivity contribution in [1.29, 1.82) is 0 Å². The van der Waals surface area contributed by atoms with Gasteiger partial charge in [-0.1, -0.05) is 0 Å². The lowest BCUT2D eigenvalue weighted by Crippen LogP contribution is -2.42. The fourth-order valence-electron chi connectivity index (χ4n) is 2.66. The highest BCUT2D eigenvalue weighted by molar-refractivity contribution is 5.92. The summed E-state index contributed by atoms with van der Waals surface area (Å²) in [7, 11) is 2.15. The number of nitrogens with zero attached hydrogens (tertiary/aromatic N) is 1. The van der Waals surface area contributed by atoms with Crippen LogP contribution in [0.4, 0.5) is 11.4 Å². The summed E-state index contributed by atoms with van der Waals surface area (Å²) in [6, 6.07) is 6.18.